The van der Waals surface area contributed by atoms with E-state index in [4.69, 9.17) is 0 Å². The van der Waals surface area contributed by atoms with Crippen molar-refractivity contribution in [2.75, 3.05) is 5.54 Å². The van der Waals surface area contributed by atoms with Crippen molar-refractivity contribution >= 4 is 15.7 Å². The van der Waals surface area contributed by atoms with Gasteiger partial charge in [-0.3, -0.25) is 0 Å². The topological polar surface area (TPSA) is 72.2 Å². The normalized spacial score (nSPS) is 11.6. The molecule has 3 N–H and O–H groups in total. The summed E-state index contributed by atoms with van der Waals surface area (Å²) in [6.45, 7) is 0. The van der Waals surface area contributed by atoms with Crippen molar-refractivity contribution < 1.29 is 30.5 Å². The van der Waals surface area contributed by atoms with Crippen LogP contribution in [0.5, 0.6) is 0 Å². The molecule has 0 radical (unpaired) electrons. The molecule has 0 aliphatic rings. The molecule has 0 aromatic heterocycles. The molecule has 0 atom stereocenters. The van der Waals surface area contributed by atoms with Crippen LogP contribution < -0.4 is 10.7 Å². The lowest BCUT2D eigenvalue weighted by atomic mass is 10.2. The van der Waals surface area contributed by atoms with Gasteiger partial charge in [-0.25, -0.2) is 36.7 Å². The Morgan fingerprint density at radius 1 is 0.938 bits per heavy atom. The van der Waals surface area contributed by atoms with Gasteiger partial charge in [0.2, 0.25) is 10.0 Å². The molecule has 90 valence electrons. The van der Waals surface area contributed by atoms with Crippen molar-refractivity contribution in [2.45, 2.75) is 4.90 Å². The zero-order chi connectivity index (χ0) is 12.7. The SMILES string of the molecule is NS(=O)(=O)c1c(F)c(F)c(NF)c(F)c1F. The molecule has 0 spiro atoms. The maximum atomic E-state index is 12.9. The number of sulfonamides is 1. The van der Waals surface area contributed by atoms with Gasteiger partial charge in [0.05, 0.1) is 0 Å². The highest BCUT2D eigenvalue weighted by Crippen LogP contribution is 2.30. The standard InChI is InChI=1S/C6H3F5N2O2S/c7-1-3(9)6(16(12,14)15)4(10)2(8)5(1)13-11/h13H,(H2,12,14,15). The first kappa shape index (κ1) is 12.6. The zero-order valence-electron chi connectivity index (χ0n) is 7.19. The molecule has 0 bridgehead atoms. The molecule has 0 unspecified atom stereocenters. The first-order valence-corrected chi connectivity index (χ1v) is 5.01. The fraction of sp³-hybridized carbons (Fsp3) is 0. The highest BCUT2D eigenvalue weighted by Gasteiger charge is 2.31. The van der Waals surface area contributed by atoms with Crippen LogP contribution in [0.15, 0.2) is 4.90 Å². The molecule has 0 amide bonds. The minimum Gasteiger partial charge on any atom is -0.224 e. The summed E-state index contributed by atoms with van der Waals surface area (Å²) >= 11 is 0. The van der Waals surface area contributed by atoms with Gasteiger partial charge in [0, 0.05) is 0 Å². The lowest BCUT2D eigenvalue weighted by Crippen LogP contribution is -2.19. The molecular formula is C6H3F5N2O2S. The third-order valence-electron chi connectivity index (χ3n) is 1.60. The summed E-state index contributed by atoms with van der Waals surface area (Å²) in [5.41, 5.74) is -1.42. The van der Waals surface area contributed by atoms with Gasteiger partial charge < -0.3 is 0 Å². The Kier molecular flexibility index (Phi) is 3.06. The minimum atomic E-state index is -5.01. The number of nitrogens with two attached hydrogens (primary N) is 1. The minimum absolute atomic E-state index is 0.358. The predicted molar refractivity (Wildman–Crippen MR) is 42.4 cm³/mol. The summed E-state index contributed by atoms with van der Waals surface area (Å²) in [4.78, 5) is -2.00. The second-order valence-corrected chi connectivity index (χ2v) is 4.10. The first-order valence-electron chi connectivity index (χ1n) is 3.47. The molecule has 1 aromatic carbocycles. The van der Waals surface area contributed by atoms with Gasteiger partial charge in [0.15, 0.2) is 28.2 Å². The lowest BCUT2D eigenvalue weighted by Gasteiger charge is -2.08. The van der Waals surface area contributed by atoms with E-state index in [-0.39, 0.29) is 0 Å². The fourth-order valence-electron chi connectivity index (χ4n) is 0.944. The molecule has 0 aliphatic heterocycles. The van der Waals surface area contributed by atoms with E-state index < -0.39 is 43.9 Å². The average Bonchev–Trinajstić information content (AvgIpc) is 2.14. The Labute approximate surface area is 85.8 Å². The van der Waals surface area contributed by atoms with Crippen LogP contribution in [0.2, 0.25) is 0 Å². The molecule has 0 saturated carbocycles. The lowest BCUT2D eigenvalue weighted by molar-refractivity contribution is 0.416. The van der Waals surface area contributed by atoms with Crippen molar-refractivity contribution in [3.05, 3.63) is 23.3 Å². The second kappa shape index (κ2) is 3.87. The number of hydrogen-bond donors (Lipinski definition) is 2. The van der Waals surface area contributed by atoms with Gasteiger partial charge >= 0.3 is 0 Å². The van der Waals surface area contributed by atoms with E-state index >= 15 is 0 Å². The predicted octanol–water partition coefficient (Wildman–Crippen LogP) is 1.19. The van der Waals surface area contributed by atoms with Crippen molar-refractivity contribution in [1.29, 1.82) is 0 Å². The quantitative estimate of drug-likeness (QED) is 0.477. The van der Waals surface area contributed by atoms with Crippen molar-refractivity contribution in [2.24, 2.45) is 5.14 Å². The molecule has 0 saturated heterocycles. The Bertz CT molecular complexity index is 515. The fourth-order valence-corrected chi connectivity index (χ4v) is 1.62. The number of nitrogens with one attached hydrogen (secondary N) is 1. The van der Waals surface area contributed by atoms with Crippen molar-refractivity contribution in [3.8, 4) is 0 Å². The number of benzene rings is 1. The van der Waals surface area contributed by atoms with Crippen molar-refractivity contribution in [1.82, 2.24) is 0 Å². The number of anilines is 1. The Morgan fingerprint density at radius 2 is 1.31 bits per heavy atom. The van der Waals surface area contributed by atoms with Gasteiger partial charge in [-0.15, -0.1) is 4.48 Å². The van der Waals surface area contributed by atoms with Crippen LogP contribution in [0.3, 0.4) is 0 Å². The van der Waals surface area contributed by atoms with Crippen LogP contribution in [0.4, 0.5) is 27.7 Å². The maximum absolute atomic E-state index is 12.9. The van der Waals surface area contributed by atoms with Gasteiger partial charge in [0.1, 0.15) is 5.69 Å². The molecule has 4 nitrogen and oxygen atoms in total. The molecule has 0 fully saturated rings. The van der Waals surface area contributed by atoms with Crippen LogP contribution in [-0.4, -0.2) is 8.42 Å². The average molecular weight is 262 g/mol. The van der Waals surface area contributed by atoms with E-state index in [1.54, 1.807) is 0 Å². The van der Waals surface area contributed by atoms with Gasteiger partial charge in [0.25, 0.3) is 0 Å². The maximum Gasteiger partial charge on any atom is 0.244 e. The van der Waals surface area contributed by atoms with Gasteiger partial charge in [-0.2, -0.15) is 0 Å². The van der Waals surface area contributed by atoms with E-state index in [2.05, 4.69) is 5.14 Å². The van der Waals surface area contributed by atoms with Gasteiger partial charge in [-0.05, 0) is 0 Å². The highest BCUT2D eigenvalue weighted by molar-refractivity contribution is 7.89. The van der Waals surface area contributed by atoms with E-state index in [1.165, 1.54) is 0 Å². The molecule has 0 heterocycles. The van der Waals surface area contributed by atoms with Crippen LogP contribution in [0.1, 0.15) is 0 Å². The summed E-state index contributed by atoms with van der Waals surface area (Å²) in [5, 5.41) is 4.33. The van der Waals surface area contributed by atoms with E-state index in [0.717, 1.165) is 0 Å². The number of hydrogen-bond acceptors (Lipinski definition) is 3. The molecule has 0 aliphatic carbocycles. The molecule has 1 aromatic rings. The van der Waals surface area contributed by atoms with Crippen LogP contribution >= 0.6 is 0 Å². The number of rotatable bonds is 2. The second-order valence-electron chi connectivity index (χ2n) is 2.60. The third-order valence-corrected chi connectivity index (χ3v) is 2.53. The van der Waals surface area contributed by atoms with E-state index in [9.17, 15) is 30.5 Å². The summed E-state index contributed by atoms with van der Waals surface area (Å²) in [6, 6.07) is 0. The Hall–Kier alpha value is -1.42. The summed E-state index contributed by atoms with van der Waals surface area (Å²) in [5.74, 6) is -9.07. The summed E-state index contributed by atoms with van der Waals surface area (Å²) in [6.07, 6.45) is 0. The highest BCUT2D eigenvalue weighted by atomic mass is 32.2. The van der Waals surface area contributed by atoms with Gasteiger partial charge in [-0.1, -0.05) is 0 Å². The van der Waals surface area contributed by atoms with Crippen molar-refractivity contribution in [3.63, 3.8) is 0 Å². The summed E-state index contributed by atoms with van der Waals surface area (Å²) in [7, 11) is -5.01. The molecule has 1 rings (SSSR count). The zero-order valence-corrected chi connectivity index (χ0v) is 8.01. The number of primary sulfonamides is 1. The first-order chi connectivity index (χ1) is 7.21. The molecule has 10 heteroatoms. The Morgan fingerprint density at radius 3 is 1.56 bits per heavy atom. The molecular weight excluding hydrogens is 259 g/mol. The Balaban J connectivity index is 3.82. The largest absolute Gasteiger partial charge is 0.244 e. The summed E-state index contributed by atoms with van der Waals surface area (Å²) < 4.78 is 84.6. The smallest absolute Gasteiger partial charge is 0.224 e. The van der Waals surface area contributed by atoms with E-state index in [1.807, 2.05) is 0 Å². The van der Waals surface area contributed by atoms with E-state index in [0.29, 0.717) is 5.54 Å². The van der Waals surface area contributed by atoms with Crippen LogP contribution in [0, 0.1) is 23.3 Å². The number of halogens is 5. The monoisotopic (exact) mass is 262 g/mol. The van der Waals surface area contributed by atoms with Crippen LogP contribution in [0.25, 0.3) is 0 Å². The molecule has 16 heavy (non-hydrogen) atoms. The van der Waals surface area contributed by atoms with Crippen LogP contribution in [-0.2, 0) is 10.0 Å². The third kappa shape index (κ3) is 1.80.